The van der Waals surface area contributed by atoms with Gasteiger partial charge in [0.25, 0.3) is 0 Å². The lowest BCUT2D eigenvalue weighted by Crippen LogP contribution is -2.69. The molecule has 0 saturated carbocycles. The lowest BCUT2D eigenvalue weighted by molar-refractivity contribution is -0.0222. The van der Waals surface area contributed by atoms with Crippen LogP contribution in [0.2, 0.25) is 0 Å². The minimum absolute atomic E-state index is 0.220. The molecular weight excluding hydrogens is 188 g/mol. The number of piperazine rings is 3. The molecule has 4 heteroatoms. The molecule has 2 atom stereocenters. The third kappa shape index (κ3) is 2.18. The Hall–Kier alpha value is -0.160. The van der Waals surface area contributed by atoms with Crippen molar-refractivity contribution in [1.29, 1.82) is 0 Å². The topological polar surface area (TPSA) is 44.5 Å². The van der Waals surface area contributed by atoms with Crippen LogP contribution >= 0.6 is 0 Å². The molecule has 3 saturated heterocycles. The summed E-state index contributed by atoms with van der Waals surface area (Å²) in [7, 11) is 0. The average molecular weight is 212 g/mol. The van der Waals surface area contributed by atoms with E-state index in [1.807, 2.05) is 0 Å². The maximum atomic E-state index is 5.73. The van der Waals surface area contributed by atoms with Crippen molar-refractivity contribution in [2.24, 2.45) is 11.3 Å². The number of nitrogens with zero attached hydrogens (tertiary/aromatic N) is 2. The van der Waals surface area contributed by atoms with Gasteiger partial charge in [0.2, 0.25) is 0 Å². The molecule has 0 amide bonds. The Kier molecular flexibility index (Phi) is 3.03. The van der Waals surface area contributed by atoms with Gasteiger partial charge in [-0.15, -0.1) is 0 Å². The second-order valence-corrected chi connectivity index (χ2v) is 5.91. The van der Waals surface area contributed by atoms with Gasteiger partial charge in [-0.1, -0.05) is 20.8 Å². The van der Waals surface area contributed by atoms with Crippen LogP contribution in [0.15, 0.2) is 0 Å². The van der Waals surface area contributed by atoms with E-state index in [1.165, 1.54) is 32.7 Å². The Morgan fingerprint density at radius 2 is 1.80 bits per heavy atom. The smallest absolute Gasteiger partial charge is 0.0427 e. The molecule has 0 spiro atoms. The molecular formula is C11H24N4. The van der Waals surface area contributed by atoms with Crippen LogP contribution in [-0.4, -0.2) is 54.6 Å². The molecule has 0 aliphatic carbocycles. The van der Waals surface area contributed by atoms with Crippen molar-refractivity contribution in [2.45, 2.75) is 32.9 Å². The number of nitrogens with two attached hydrogens (primary N) is 1. The molecule has 2 unspecified atom stereocenters. The fraction of sp³-hybridized carbons (Fsp3) is 1.00. The van der Waals surface area contributed by atoms with Crippen LogP contribution in [0.5, 0.6) is 0 Å². The van der Waals surface area contributed by atoms with E-state index < -0.39 is 0 Å². The van der Waals surface area contributed by atoms with Gasteiger partial charge in [0.05, 0.1) is 0 Å². The van der Waals surface area contributed by atoms with E-state index in [4.69, 9.17) is 5.84 Å². The van der Waals surface area contributed by atoms with E-state index in [0.29, 0.717) is 12.1 Å². The first-order valence-electron chi connectivity index (χ1n) is 5.95. The number of rotatable bonds is 2. The van der Waals surface area contributed by atoms with E-state index in [-0.39, 0.29) is 5.41 Å². The molecule has 0 aromatic carbocycles. The van der Waals surface area contributed by atoms with Crippen LogP contribution in [0.1, 0.15) is 20.8 Å². The molecule has 3 aliphatic heterocycles. The largest absolute Gasteiger partial charge is 0.299 e. The third-order valence-electron chi connectivity index (χ3n) is 3.82. The molecule has 3 rings (SSSR count). The normalized spacial score (nSPS) is 38.0. The molecule has 3 aliphatic rings. The van der Waals surface area contributed by atoms with E-state index in [0.717, 1.165) is 0 Å². The van der Waals surface area contributed by atoms with Crippen LogP contribution in [-0.2, 0) is 0 Å². The molecule has 4 nitrogen and oxygen atoms in total. The monoisotopic (exact) mass is 212 g/mol. The van der Waals surface area contributed by atoms with Gasteiger partial charge in [0.15, 0.2) is 0 Å². The van der Waals surface area contributed by atoms with Crippen molar-refractivity contribution in [3.05, 3.63) is 0 Å². The van der Waals surface area contributed by atoms with Gasteiger partial charge < -0.3 is 0 Å². The minimum Gasteiger partial charge on any atom is -0.299 e. The van der Waals surface area contributed by atoms with Gasteiger partial charge in [-0.2, -0.15) is 0 Å². The first-order valence-corrected chi connectivity index (χ1v) is 5.95. The predicted molar refractivity (Wildman–Crippen MR) is 62.4 cm³/mol. The highest BCUT2D eigenvalue weighted by molar-refractivity contribution is 4.98. The maximum Gasteiger partial charge on any atom is 0.0427 e. The van der Waals surface area contributed by atoms with E-state index in [1.54, 1.807) is 0 Å². The van der Waals surface area contributed by atoms with Crippen LogP contribution < -0.4 is 11.3 Å². The molecule has 0 radical (unpaired) electrons. The zero-order valence-corrected chi connectivity index (χ0v) is 10.2. The number of hydrogen-bond donors (Lipinski definition) is 2. The highest BCUT2D eigenvalue weighted by Gasteiger charge is 2.40. The Morgan fingerprint density at radius 3 is 2.13 bits per heavy atom. The van der Waals surface area contributed by atoms with Crippen molar-refractivity contribution in [3.8, 4) is 0 Å². The molecule has 0 aromatic rings. The van der Waals surface area contributed by atoms with Gasteiger partial charge in [-0.25, -0.2) is 0 Å². The summed E-state index contributed by atoms with van der Waals surface area (Å²) in [6.07, 6.45) is 0. The van der Waals surface area contributed by atoms with E-state index >= 15 is 0 Å². The van der Waals surface area contributed by atoms with Crippen LogP contribution in [0.4, 0.5) is 0 Å². The Labute approximate surface area is 92.8 Å². The third-order valence-corrected chi connectivity index (χ3v) is 3.82. The van der Waals surface area contributed by atoms with Crippen LogP contribution in [0.3, 0.4) is 0 Å². The zero-order valence-electron chi connectivity index (χ0n) is 10.2. The molecule has 3 fully saturated rings. The van der Waals surface area contributed by atoms with Gasteiger partial charge in [0, 0.05) is 44.8 Å². The highest BCUT2D eigenvalue weighted by Crippen LogP contribution is 2.28. The Bertz CT molecular complexity index is 215. The Morgan fingerprint density at radius 1 is 1.20 bits per heavy atom. The fourth-order valence-electron chi connectivity index (χ4n) is 2.91. The van der Waals surface area contributed by atoms with Crippen molar-refractivity contribution in [2.75, 3.05) is 32.7 Å². The van der Waals surface area contributed by atoms with Gasteiger partial charge in [-0.3, -0.25) is 21.1 Å². The Balaban J connectivity index is 2.09. The average Bonchev–Trinajstić information content (AvgIpc) is 2.18. The first-order chi connectivity index (χ1) is 7.02. The number of hydrogen-bond acceptors (Lipinski definition) is 4. The van der Waals surface area contributed by atoms with Gasteiger partial charge in [0.1, 0.15) is 0 Å². The van der Waals surface area contributed by atoms with Crippen molar-refractivity contribution in [1.82, 2.24) is 15.2 Å². The van der Waals surface area contributed by atoms with Gasteiger partial charge >= 0.3 is 0 Å². The zero-order chi connectivity index (χ0) is 11.1. The van der Waals surface area contributed by atoms with E-state index in [9.17, 15) is 0 Å². The van der Waals surface area contributed by atoms with Crippen molar-refractivity contribution in [3.63, 3.8) is 0 Å². The summed E-state index contributed by atoms with van der Waals surface area (Å²) in [5.41, 5.74) is 3.25. The predicted octanol–water partition coefficient (Wildman–Crippen LogP) is -0.136. The fourth-order valence-corrected chi connectivity index (χ4v) is 2.91. The first kappa shape index (κ1) is 11.3. The lowest BCUT2D eigenvalue weighted by Gasteiger charge is -2.52. The van der Waals surface area contributed by atoms with E-state index in [2.05, 4.69) is 36.0 Å². The lowest BCUT2D eigenvalue weighted by atomic mass is 9.80. The van der Waals surface area contributed by atoms with Crippen LogP contribution in [0.25, 0.3) is 0 Å². The van der Waals surface area contributed by atoms with Gasteiger partial charge in [-0.05, 0) is 5.41 Å². The summed E-state index contributed by atoms with van der Waals surface area (Å²) in [5.74, 6) is 5.73. The summed E-state index contributed by atoms with van der Waals surface area (Å²) in [4.78, 5) is 5.15. The molecule has 3 N–H and O–H groups in total. The summed E-state index contributed by atoms with van der Waals surface area (Å²) in [6.45, 7) is 12.8. The maximum absolute atomic E-state index is 5.73. The quantitative estimate of drug-likeness (QED) is 0.494. The molecule has 88 valence electrons. The SMILES string of the molecule is CC(C)(C)C(NN)C1CN2CCN1CC2. The standard InChI is InChI=1S/C11H24N4/c1-11(2,3)10(13-12)9-8-14-4-6-15(9)7-5-14/h9-10,13H,4-8,12H2,1-3H3. The number of nitrogens with one attached hydrogen (secondary N) is 1. The summed E-state index contributed by atoms with van der Waals surface area (Å²) in [6, 6.07) is 0.957. The summed E-state index contributed by atoms with van der Waals surface area (Å²) < 4.78 is 0. The molecule has 2 bridgehead atoms. The second kappa shape index (κ2) is 4.01. The molecule has 3 heterocycles. The number of hydrazine groups is 1. The second-order valence-electron chi connectivity index (χ2n) is 5.91. The van der Waals surface area contributed by atoms with Crippen LogP contribution in [0, 0.1) is 5.41 Å². The molecule has 0 aromatic heterocycles. The highest BCUT2D eigenvalue weighted by atomic mass is 15.4. The molecule has 15 heavy (non-hydrogen) atoms. The summed E-state index contributed by atoms with van der Waals surface area (Å²) >= 11 is 0. The minimum atomic E-state index is 0.220. The number of fused-ring (bicyclic) bond motifs is 3. The van der Waals surface area contributed by atoms with Crippen molar-refractivity contribution >= 4 is 0 Å². The summed E-state index contributed by atoms with van der Waals surface area (Å²) in [5, 5.41) is 0. The van der Waals surface area contributed by atoms with Crippen molar-refractivity contribution < 1.29 is 0 Å².